The number of hydrogen-bond acceptors (Lipinski definition) is 2. The van der Waals surface area contributed by atoms with E-state index in [9.17, 15) is 0 Å². The van der Waals surface area contributed by atoms with Gasteiger partial charge < -0.3 is 0 Å². The molecule has 0 N–H and O–H groups in total. The van der Waals surface area contributed by atoms with E-state index in [0.717, 1.165) is 63.5 Å². The zero-order valence-electron chi connectivity index (χ0n) is 39.3. The molecule has 328 valence electrons. The summed E-state index contributed by atoms with van der Waals surface area (Å²) in [4.78, 5) is 10.6. The van der Waals surface area contributed by atoms with Gasteiger partial charge in [-0.3, -0.25) is 9.98 Å². The minimum Gasteiger partial charge on any atom is -0.253 e. The van der Waals surface area contributed by atoms with Gasteiger partial charge in [0.1, 0.15) is 0 Å². The topological polar surface area (TPSA) is 24.7 Å². The van der Waals surface area contributed by atoms with E-state index >= 15 is 0 Å². The summed E-state index contributed by atoms with van der Waals surface area (Å²) in [5, 5.41) is 7.25. The van der Waals surface area contributed by atoms with Crippen LogP contribution >= 0.6 is 0 Å². The van der Waals surface area contributed by atoms with Gasteiger partial charge >= 0.3 is 0 Å². The molecule has 0 fully saturated rings. The molecular weight excluding hydrogens is 821 g/mol. The van der Waals surface area contributed by atoms with Crippen molar-refractivity contribution < 1.29 is 0 Å². The number of para-hydroxylation sites is 1. The van der Waals surface area contributed by atoms with Crippen LogP contribution in [-0.4, -0.2) is 11.4 Å². The van der Waals surface area contributed by atoms with Crippen LogP contribution in [0.1, 0.15) is 72.6 Å². The highest BCUT2D eigenvalue weighted by Gasteiger charge is 2.23. The predicted molar refractivity (Wildman–Crippen MR) is 295 cm³/mol. The first-order valence-corrected chi connectivity index (χ1v) is 23.7. The highest BCUT2D eigenvalue weighted by atomic mass is 14.8. The Morgan fingerprint density at radius 1 is 0.632 bits per heavy atom. The summed E-state index contributed by atoms with van der Waals surface area (Å²) in [6.45, 7) is 12.9. The second kappa shape index (κ2) is 19.3. The Bertz CT molecular complexity index is 3700. The van der Waals surface area contributed by atoms with Crippen LogP contribution in [0.4, 0.5) is 11.4 Å². The molecule has 2 aliphatic carbocycles. The summed E-state index contributed by atoms with van der Waals surface area (Å²) >= 11 is 0. The van der Waals surface area contributed by atoms with E-state index in [-0.39, 0.29) is 0 Å². The van der Waals surface area contributed by atoms with E-state index in [1.165, 1.54) is 76.2 Å². The number of aliphatic imine (C=N–C) groups is 2. The molecule has 0 saturated carbocycles. The van der Waals surface area contributed by atoms with Gasteiger partial charge in [-0.2, -0.15) is 0 Å². The van der Waals surface area contributed by atoms with Crippen LogP contribution in [0.2, 0.25) is 0 Å². The van der Waals surface area contributed by atoms with Crippen LogP contribution < -0.4 is 20.9 Å². The Labute approximate surface area is 400 Å². The fourth-order valence-electron chi connectivity index (χ4n) is 9.90. The number of allylic oxidation sites excluding steroid dienone is 5. The van der Waals surface area contributed by atoms with Crippen molar-refractivity contribution in [3.8, 4) is 22.3 Å². The van der Waals surface area contributed by atoms with Crippen LogP contribution in [0.15, 0.2) is 205 Å². The summed E-state index contributed by atoms with van der Waals surface area (Å²) in [5.41, 5.74) is 18.8. The Kier molecular flexibility index (Phi) is 12.4. The molecule has 0 bridgehead atoms. The minimum absolute atomic E-state index is 0.743. The Morgan fingerprint density at radius 3 is 2.18 bits per heavy atom. The lowest BCUT2D eigenvalue weighted by Gasteiger charge is -2.20. The average molecular weight is 875 g/mol. The highest BCUT2D eigenvalue weighted by molar-refractivity contribution is 6.09. The molecule has 0 radical (unpaired) electrons. The smallest absolute Gasteiger partial charge is 0.0724 e. The van der Waals surface area contributed by atoms with Gasteiger partial charge in [-0.15, -0.1) is 0 Å². The largest absolute Gasteiger partial charge is 0.253 e. The van der Waals surface area contributed by atoms with Gasteiger partial charge in [0, 0.05) is 17.0 Å². The van der Waals surface area contributed by atoms with Crippen LogP contribution in [0, 0.1) is 6.92 Å². The van der Waals surface area contributed by atoms with Gasteiger partial charge in [0.25, 0.3) is 0 Å². The van der Waals surface area contributed by atoms with Gasteiger partial charge in [-0.1, -0.05) is 201 Å². The first-order chi connectivity index (χ1) is 33.4. The molecule has 0 saturated heterocycles. The lowest BCUT2D eigenvalue weighted by molar-refractivity contribution is 1.36. The first kappa shape index (κ1) is 43.7. The van der Waals surface area contributed by atoms with E-state index in [1.807, 2.05) is 0 Å². The molecule has 8 aromatic rings. The summed E-state index contributed by atoms with van der Waals surface area (Å²) in [7, 11) is 0. The second-order valence-corrected chi connectivity index (χ2v) is 17.6. The third kappa shape index (κ3) is 8.54. The van der Waals surface area contributed by atoms with Crippen molar-refractivity contribution in [2.75, 3.05) is 0 Å². The predicted octanol–water partition coefficient (Wildman–Crippen LogP) is 14.4. The fraction of sp³-hybridized carbons (Fsp3) is 0.0909. The van der Waals surface area contributed by atoms with Crippen molar-refractivity contribution in [1.29, 1.82) is 0 Å². The standard InChI is InChI=1S/C66H54N2/c1-6-47-23-15-17-29-55(47)54(7-2)65-58-31-12-9-13-32-59(58)66(57-33-20-27-51-26-16-18-30-56(51)57)62-43-52(28-21-34-60(62)65)53-40-41-64(61(42-53)46(5)68-63-35-19-14-22-44(63)3)67-45(4)48-36-38-50(39-37-48)49-24-10-8-11-25-49/h6-12,14-27,29-43H,2,13,28H2,1,3-5H3/b47-6-,55-54+,67-45?,68-46?. The van der Waals surface area contributed by atoms with E-state index < -0.39 is 0 Å². The summed E-state index contributed by atoms with van der Waals surface area (Å²) in [5.74, 6) is 0. The number of fused-ring (bicyclic) bond motifs is 3. The van der Waals surface area contributed by atoms with Crippen molar-refractivity contribution in [3.63, 3.8) is 0 Å². The lowest BCUT2D eigenvalue weighted by atomic mass is 9.83. The minimum atomic E-state index is 0.743. The lowest BCUT2D eigenvalue weighted by Crippen LogP contribution is -2.35. The Balaban J connectivity index is 1.22. The number of benzene rings is 8. The number of hydrogen-bond donors (Lipinski definition) is 0. The van der Waals surface area contributed by atoms with Crippen LogP contribution in [0.25, 0.3) is 74.6 Å². The Morgan fingerprint density at radius 2 is 1.35 bits per heavy atom. The van der Waals surface area contributed by atoms with Crippen molar-refractivity contribution in [3.05, 3.63) is 254 Å². The van der Waals surface area contributed by atoms with E-state index in [0.29, 0.717) is 0 Å². The van der Waals surface area contributed by atoms with Gasteiger partial charge in [0.05, 0.1) is 11.4 Å². The molecule has 2 nitrogen and oxygen atoms in total. The molecular formula is C66H54N2. The molecule has 0 aliphatic heterocycles. The maximum Gasteiger partial charge on any atom is 0.0724 e. The molecule has 68 heavy (non-hydrogen) atoms. The van der Waals surface area contributed by atoms with Crippen molar-refractivity contribution in [2.24, 2.45) is 9.98 Å². The maximum atomic E-state index is 5.35. The Hall–Kier alpha value is -8.20. The van der Waals surface area contributed by atoms with Crippen molar-refractivity contribution in [1.82, 2.24) is 0 Å². The molecule has 0 heterocycles. The van der Waals surface area contributed by atoms with E-state index in [4.69, 9.17) is 9.98 Å². The van der Waals surface area contributed by atoms with Crippen molar-refractivity contribution >= 4 is 75.1 Å². The quantitative estimate of drug-likeness (QED) is 0.129. The van der Waals surface area contributed by atoms with E-state index in [1.54, 1.807) is 0 Å². The molecule has 8 aromatic carbocycles. The highest BCUT2D eigenvalue weighted by Crippen LogP contribution is 2.39. The zero-order valence-corrected chi connectivity index (χ0v) is 39.3. The summed E-state index contributed by atoms with van der Waals surface area (Å²) < 4.78 is 0. The molecule has 0 spiro atoms. The molecule has 2 heteroatoms. The third-order valence-electron chi connectivity index (χ3n) is 13.4. The summed E-state index contributed by atoms with van der Waals surface area (Å²) in [6.07, 6.45) is 22.2. The zero-order chi connectivity index (χ0) is 46.6. The fourth-order valence-corrected chi connectivity index (χ4v) is 9.90. The average Bonchev–Trinajstić information content (AvgIpc) is 3.77. The van der Waals surface area contributed by atoms with Crippen molar-refractivity contribution in [2.45, 2.75) is 40.5 Å². The monoisotopic (exact) mass is 874 g/mol. The molecule has 2 aliphatic rings. The molecule has 10 rings (SSSR count). The van der Waals surface area contributed by atoms with Crippen LogP contribution in [-0.2, 0) is 0 Å². The SMILES string of the molecule is C=C/C(c1c2c(c(-c3cccc4ccccc34)c3c1=CC=CCC=3)C=C(c1ccc(N=C(C)c3ccc(-c4ccccc4)cc3)c(C(C)=Nc3ccccc3C)c1)CC=C2)=c1/cccc/c1=C/C. The molecule has 0 unspecified atom stereocenters. The van der Waals surface area contributed by atoms with Gasteiger partial charge in [0.15, 0.2) is 0 Å². The maximum absolute atomic E-state index is 5.35. The number of rotatable bonds is 9. The number of aryl methyl sites for hydroxylation is 1. The van der Waals surface area contributed by atoms with Crippen LogP contribution in [0.3, 0.4) is 0 Å². The third-order valence-corrected chi connectivity index (χ3v) is 13.4. The first-order valence-electron chi connectivity index (χ1n) is 23.7. The van der Waals surface area contributed by atoms with Gasteiger partial charge in [-0.05, 0) is 163 Å². The second-order valence-electron chi connectivity index (χ2n) is 17.6. The molecule has 0 amide bonds. The molecule has 0 aromatic heterocycles. The summed E-state index contributed by atoms with van der Waals surface area (Å²) in [6, 6.07) is 58.5. The van der Waals surface area contributed by atoms with Crippen LogP contribution in [0.5, 0.6) is 0 Å². The van der Waals surface area contributed by atoms with Gasteiger partial charge in [0.2, 0.25) is 0 Å². The normalized spacial score (nSPS) is 14.2. The number of nitrogens with zero attached hydrogens (tertiary/aromatic N) is 2. The van der Waals surface area contributed by atoms with Gasteiger partial charge in [-0.25, -0.2) is 0 Å². The van der Waals surface area contributed by atoms with E-state index in [2.05, 4.69) is 253 Å². The molecule has 0 atom stereocenters.